The molecule has 0 radical (unpaired) electrons. The fraction of sp³-hybridized carbons (Fsp3) is 0.316. The Morgan fingerprint density at radius 2 is 1.83 bits per heavy atom. The smallest absolute Gasteiger partial charge is 0.272 e. The molecule has 3 rings (SSSR count). The molecule has 2 aromatic rings. The van der Waals surface area contributed by atoms with E-state index in [0.717, 1.165) is 37.3 Å². The number of hydrogen-bond donors (Lipinski definition) is 1. The maximum absolute atomic E-state index is 12.7. The first kappa shape index (κ1) is 16.0. The van der Waals surface area contributed by atoms with E-state index in [1.54, 1.807) is 24.4 Å². The maximum Gasteiger partial charge on any atom is 0.272 e. The Kier molecular flexibility index (Phi) is 5.07. The lowest BCUT2D eigenvalue weighted by atomic mass is 10.2. The van der Waals surface area contributed by atoms with Gasteiger partial charge in [-0.2, -0.15) is 5.26 Å². The minimum absolute atomic E-state index is 0.00803. The Hall–Kier alpha value is -2.87. The molecule has 1 aromatic heterocycles. The Morgan fingerprint density at radius 1 is 1.08 bits per heavy atom. The van der Waals surface area contributed by atoms with E-state index in [-0.39, 0.29) is 5.91 Å². The van der Waals surface area contributed by atoms with Gasteiger partial charge in [-0.15, -0.1) is 0 Å². The summed E-state index contributed by atoms with van der Waals surface area (Å²) in [5.74, 6) is -0.00803. The number of anilines is 2. The zero-order valence-electron chi connectivity index (χ0n) is 13.5. The summed E-state index contributed by atoms with van der Waals surface area (Å²) in [4.78, 5) is 18.8. The van der Waals surface area contributed by atoms with Gasteiger partial charge in [0.25, 0.3) is 5.91 Å². The highest BCUT2D eigenvalue weighted by atomic mass is 16.2. The summed E-state index contributed by atoms with van der Waals surface area (Å²) in [5, 5.41) is 12.2. The largest absolute Gasteiger partial charge is 0.355 e. The van der Waals surface area contributed by atoms with Crippen molar-refractivity contribution in [2.24, 2.45) is 0 Å². The second-order valence-electron chi connectivity index (χ2n) is 5.95. The van der Waals surface area contributed by atoms with Gasteiger partial charge in [0.15, 0.2) is 0 Å². The molecule has 1 aromatic carbocycles. The van der Waals surface area contributed by atoms with Crippen molar-refractivity contribution < 1.29 is 4.79 Å². The topological polar surface area (TPSA) is 69.0 Å². The second-order valence-corrected chi connectivity index (χ2v) is 5.95. The van der Waals surface area contributed by atoms with Gasteiger partial charge in [0.2, 0.25) is 0 Å². The molecule has 5 heteroatoms. The van der Waals surface area contributed by atoms with Gasteiger partial charge in [0.1, 0.15) is 5.69 Å². The van der Waals surface area contributed by atoms with Crippen molar-refractivity contribution in [3.05, 3.63) is 53.9 Å². The Labute approximate surface area is 141 Å². The van der Waals surface area contributed by atoms with Crippen molar-refractivity contribution in [1.29, 1.82) is 5.26 Å². The zero-order valence-corrected chi connectivity index (χ0v) is 13.5. The van der Waals surface area contributed by atoms with Crippen LogP contribution < -0.4 is 5.32 Å². The van der Waals surface area contributed by atoms with Crippen molar-refractivity contribution in [3.8, 4) is 6.07 Å². The molecule has 0 unspecified atom stereocenters. The number of hydrogen-bond acceptors (Lipinski definition) is 4. The first-order chi connectivity index (χ1) is 11.8. The number of rotatable bonds is 3. The van der Waals surface area contributed by atoms with E-state index < -0.39 is 0 Å². The molecular formula is C19H20N4O. The normalized spacial score (nSPS) is 14.5. The molecule has 0 bridgehead atoms. The SMILES string of the molecule is N#Cc1cccc(Nc2ccnc(C(=O)N3CCCCCC3)c2)c1. The fourth-order valence-corrected chi connectivity index (χ4v) is 2.89. The van der Waals surface area contributed by atoms with Crippen LogP contribution in [-0.2, 0) is 0 Å². The van der Waals surface area contributed by atoms with Crippen LogP contribution in [0, 0.1) is 11.3 Å². The van der Waals surface area contributed by atoms with Crippen molar-refractivity contribution in [1.82, 2.24) is 9.88 Å². The summed E-state index contributed by atoms with van der Waals surface area (Å²) in [5.41, 5.74) is 2.65. The number of carbonyl (C=O) groups excluding carboxylic acids is 1. The van der Waals surface area contributed by atoms with Crippen LogP contribution in [-0.4, -0.2) is 28.9 Å². The van der Waals surface area contributed by atoms with Gasteiger partial charge in [0, 0.05) is 30.7 Å². The van der Waals surface area contributed by atoms with Crippen LogP contribution in [0.5, 0.6) is 0 Å². The maximum atomic E-state index is 12.7. The minimum atomic E-state index is -0.00803. The standard InChI is InChI=1S/C19H20N4O/c20-14-15-6-5-7-16(12-15)22-17-8-9-21-18(13-17)19(24)23-10-3-1-2-4-11-23/h5-9,12-13H,1-4,10-11H2,(H,21,22). The minimum Gasteiger partial charge on any atom is -0.355 e. The number of benzene rings is 1. The Balaban J connectivity index is 1.76. The van der Waals surface area contributed by atoms with E-state index in [0.29, 0.717) is 11.3 Å². The lowest BCUT2D eigenvalue weighted by molar-refractivity contribution is 0.0756. The molecule has 1 N–H and O–H groups in total. The number of nitriles is 1. The lowest BCUT2D eigenvalue weighted by Gasteiger charge is -2.20. The van der Waals surface area contributed by atoms with Crippen LogP contribution in [0.3, 0.4) is 0 Å². The number of carbonyl (C=O) groups is 1. The number of likely N-dealkylation sites (tertiary alicyclic amines) is 1. The third-order valence-corrected chi connectivity index (χ3v) is 4.15. The summed E-state index contributed by atoms with van der Waals surface area (Å²) >= 11 is 0. The Bertz CT molecular complexity index is 758. The molecule has 5 nitrogen and oxygen atoms in total. The first-order valence-electron chi connectivity index (χ1n) is 8.29. The molecule has 1 amide bonds. The van der Waals surface area contributed by atoms with Crippen LogP contribution in [0.25, 0.3) is 0 Å². The van der Waals surface area contributed by atoms with Crippen LogP contribution in [0.15, 0.2) is 42.6 Å². The molecule has 1 saturated heterocycles. The first-order valence-corrected chi connectivity index (χ1v) is 8.29. The zero-order chi connectivity index (χ0) is 16.8. The van der Waals surface area contributed by atoms with Gasteiger partial charge >= 0.3 is 0 Å². The van der Waals surface area contributed by atoms with E-state index in [4.69, 9.17) is 5.26 Å². The van der Waals surface area contributed by atoms with E-state index >= 15 is 0 Å². The van der Waals surface area contributed by atoms with Gasteiger partial charge in [-0.1, -0.05) is 18.9 Å². The average Bonchev–Trinajstić information content (AvgIpc) is 2.91. The fourth-order valence-electron chi connectivity index (χ4n) is 2.89. The molecule has 122 valence electrons. The molecule has 1 fully saturated rings. The summed E-state index contributed by atoms with van der Waals surface area (Å²) in [6.07, 6.45) is 6.14. The molecule has 0 atom stereocenters. The summed E-state index contributed by atoms with van der Waals surface area (Å²) < 4.78 is 0. The summed E-state index contributed by atoms with van der Waals surface area (Å²) in [7, 11) is 0. The predicted molar refractivity (Wildman–Crippen MR) is 93.0 cm³/mol. The molecule has 1 aliphatic rings. The molecule has 0 aliphatic carbocycles. The van der Waals surface area contributed by atoms with Crippen LogP contribution in [0.4, 0.5) is 11.4 Å². The third-order valence-electron chi connectivity index (χ3n) is 4.15. The van der Waals surface area contributed by atoms with E-state index in [1.165, 1.54) is 12.8 Å². The highest BCUT2D eigenvalue weighted by Gasteiger charge is 2.18. The van der Waals surface area contributed by atoms with Crippen molar-refractivity contribution >= 4 is 17.3 Å². The quantitative estimate of drug-likeness (QED) is 0.936. The average molecular weight is 320 g/mol. The van der Waals surface area contributed by atoms with Crippen molar-refractivity contribution in [2.75, 3.05) is 18.4 Å². The molecule has 24 heavy (non-hydrogen) atoms. The highest BCUT2D eigenvalue weighted by molar-refractivity contribution is 5.93. The highest BCUT2D eigenvalue weighted by Crippen LogP contribution is 2.19. The number of pyridine rings is 1. The van der Waals surface area contributed by atoms with E-state index in [2.05, 4.69) is 16.4 Å². The number of nitrogens with zero attached hydrogens (tertiary/aromatic N) is 3. The monoisotopic (exact) mass is 320 g/mol. The lowest BCUT2D eigenvalue weighted by Crippen LogP contribution is -2.32. The molecule has 0 spiro atoms. The van der Waals surface area contributed by atoms with Gasteiger partial charge in [0.05, 0.1) is 11.6 Å². The van der Waals surface area contributed by atoms with Crippen LogP contribution in [0.1, 0.15) is 41.7 Å². The van der Waals surface area contributed by atoms with E-state index in [1.807, 2.05) is 23.1 Å². The second kappa shape index (κ2) is 7.60. The van der Waals surface area contributed by atoms with Crippen LogP contribution >= 0.6 is 0 Å². The summed E-state index contributed by atoms with van der Waals surface area (Å²) in [6, 6.07) is 12.9. The van der Waals surface area contributed by atoms with Gasteiger partial charge in [-0.3, -0.25) is 9.78 Å². The third kappa shape index (κ3) is 3.90. The van der Waals surface area contributed by atoms with Crippen LogP contribution in [0.2, 0.25) is 0 Å². The van der Waals surface area contributed by atoms with E-state index in [9.17, 15) is 4.79 Å². The molecule has 1 aliphatic heterocycles. The van der Waals surface area contributed by atoms with Crippen molar-refractivity contribution in [3.63, 3.8) is 0 Å². The summed E-state index contributed by atoms with van der Waals surface area (Å²) in [6.45, 7) is 1.62. The molecule has 2 heterocycles. The number of aromatic nitrogens is 1. The Morgan fingerprint density at radius 3 is 2.58 bits per heavy atom. The van der Waals surface area contributed by atoms with Gasteiger partial charge in [-0.25, -0.2) is 0 Å². The number of nitrogens with one attached hydrogen (secondary N) is 1. The number of amides is 1. The predicted octanol–water partition coefficient (Wildman–Crippen LogP) is 3.71. The van der Waals surface area contributed by atoms with Gasteiger partial charge in [-0.05, 0) is 43.2 Å². The van der Waals surface area contributed by atoms with Crippen molar-refractivity contribution in [2.45, 2.75) is 25.7 Å². The molecular weight excluding hydrogens is 300 g/mol. The molecule has 0 saturated carbocycles. The van der Waals surface area contributed by atoms with Gasteiger partial charge < -0.3 is 10.2 Å².